The number of halogens is 12. The van der Waals surface area contributed by atoms with E-state index in [-0.39, 0.29) is 5.56 Å². The van der Waals surface area contributed by atoms with Gasteiger partial charge in [-0.3, -0.25) is 0 Å². The minimum atomic E-state index is -4.61. The Kier molecular flexibility index (Phi) is 7.27. The van der Waals surface area contributed by atoms with Gasteiger partial charge in [0.05, 0.1) is 16.7 Å². The second-order valence-corrected chi connectivity index (χ2v) is 6.38. The summed E-state index contributed by atoms with van der Waals surface area (Å²) in [6.45, 7) is 0. The Bertz CT molecular complexity index is 617. The standard InChI is InChI=1S/C8H4Cl2F4.C8H4F6/c9-7(10,11)5-1-3-6(4-2-5)8(12,13)14;9-7(10,11)5-1-2-6(4-3-5)8(12,13)14/h2*1-4H. The van der Waals surface area contributed by atoms with Crippen LogP contribution in [0.3, 0.4) is 0 Å². The Morgan fingerprint density at radius 2 is 0.571 bits per heavy atom. The maximum Gasteiger partial charge on any atom is 0.416 e. The van der Waals surface area contributed by atoms with Gasteiger partial charge in [-0.2, -0.15) is 39.5 Å². The van der Waals surface area contributed by atoms with Gasteiger partial charge in [0, 0.05) is 5.56 Å². The van der Waals surface area contributed by atoms with Crippen molar-refractivity contribution >= 4 is 23.2 Å². The van der Waals surface area contributed by atoms with Crippen molar-refractivity contribution in [3.8, 4) is 0 Å². The summed E-state index contributed by atoms with van der Waals surface area (Å²) in [6, 6.07) is 4.84. The highest BCUT2D eigenvalue weighted by atomic mass is 35.5. The molecule has 2 aromatic rings. The second kappa shape index (κ2) is 8.36. The molecule has 0 aliphatic carbocycles. The van der Waals surface area contributed by atoms with E-state index in [1.165, 1.54) is 0 Å². The van der Waals surface area contributed by atoms with Crippen molar-refractivity contribution in [1.29, 1.82) is 0 Å². The number of hydrogen-bond donors (Lipinski definition) is 0. The van der Waals surface area contributed by atoms with Gasteiger partial charge in [-0.25, -0.2) is 4.39 Å². The summed E-state index contributed by atoms with van der Waals surface area (Å²) < 4.78 is 118. The normalized spacial score (nSPS) is 13.0. The number of hydrogen-bond acceptors (Lipinski definition) is 0. The van der Waals surface area contributed by atoms with Crippen molar-refractivity contribution in [3.63, 3.8) is 0 Å². The summed E-state index contributed by atoms with van der Waals surface area (Å²) in [7, 11) is 0. The molecule has 0 nitrogen and oxygen atoms in total. The molecule has 12 heteroatoms. The van der Waals surface area contributed by atoms with E-state index in [9.17, 15) is 43.9 Å². The van der Waals surface area contributed by atoms with Gasteiger partial charge < -0.3 is 0 Å². The first-order chi connectivity index (χ1) is 12.4. The summed E-state index contributed by atoms with van der Waals surface area (Å²) in [4.78, 5) is 0. The first-order valence-corrected chi connectivity index (χ1v) is 7.67. The number of rotatable bonds is 1. The molecule has 0 spiro atoms. The molecule has 156 valence electrons. The third-order valence-electron chi connectivity index (χ3n) is 3.08. The SMILES string of the molecule is FC(F)(F)c1ccc(C(F)(Cl)Cl)cc1.FC(F)(F)c1ccc(C(F)(F)F)cc1. The van der Waals surface area contributed by atoms with Crippen LogP contribution in [0.1, 0.15) is 22.3 Å². The fourth-order valence-corrected chi connectivity index (χ4v) is 1.95. The topological polar surface area (TPSA) is 0 Å². The van der Waals surface area contributed by atoms with E-state index in [0.717, 1.165) is 12.1 Å². The maximum atomic E-state index is 12.8. The third kappa shape index (κ3) is 7.38. The highest BCUT2D eigenvalue weighted by molar-refractivity contribution is 6.46. The fourth-order valence-electron chi connectivity index (χ4n) is 1.70. The molecule has 0 fully saturated rings. The van der Waals surface area contributed by atoms with E-state index in [4.69, 9.17) is 23.2 Å². The van der Waals surface area contributed by atoms with Gasteiger partial charge in [0.2, 0.25) is 0 Å². The Labute approximate surface area is 161 Å². The highest BCUT2D eigenvalue weighted by Gasteiger charge is 2.34. The van der Waals surface area contributed by atoms with Gasteiger partial charge in [-0.15, -0.1) is 0 Å². The largest absolute Gasteiger partial charge is 0.416 e. The lowest BCUT2D eigenvalue weighted by Gasteiger charge is -2.11. The average molecular weight is 461 g/mol. The van der Waals surface area contributed by atoms with E-state index >= 15 is 0 Å². The predicted octanol–water partition coefficient (Wildman–Crippen LogP) is 7.99. The van der Waals surface area contributed by atoms with Crippen LogP contribution in [0.2, 0.25) is 0 Å². The minimum Gasteiger partial charge on any atom is -0.203 e. The quantitative estimate of drug-likeness (QED) is 0.298. The van der Waals surface area contributed by atoms with Crippen LogP contribution in [0.25, 0.3) is 0 Å². The maximum absolute atomic E-state index is 12.8. The van der Waals surface area contributed by atoms with Gasteiger partial charge >= 0.3 is 18.5 Å². The van der Waals surface area contributed by atoms with Crippen molar-refractivity contribution in [3.05, 3.63) is 70.8 Å². The summed E-state index contributed by atoms with van der Waals surface area (Å²) in [5.41, 5.74) is -3.29. The summed E-state index contributed by atoms with van der Waals surface area (Å²) >= 11 is 10.1. The Hall–Kier alpha value is -1.68. The van der Waals surface area contributed by atoms with Crippen LogP contribution in [0.15, 0.2) is 48.5 Å². The third-order valence-corrected chi connectivity index (χ3v) is 3.52. The lowest BCUT2D eigenvalue weighted by atomic mass is 10.1. The van der Waals surface area contributed by atoms with Crippen molar-refractivity contribution in [1.82, 2.24) is 0 Å². The zero-order chi connectivity index (χ0) is 22.0. The molecule has 0 saturated carbocycles. The minimum absolute atomic E-state index is 0.228. The van der Waals surface area contributed by atoms with Gasteiger partial charge in [0.15, 0.2) is 0 Å². The molecule has 0 heterocycles. The molecule has 2 aromatic carbocycles. The van der Waals surface area contributed by atoms with Crippen LogP contribution >= 0.6 is 23.2 Å². The fraction of sp³-hybridized carbons (Fsp3) is 0.250. The van der Waals surface area contributed by atoms with Gasteiger partial charge in [0.1, 0.15) is 0 Å². The van der Waals surface area contributed by atoms with E-state index < -0.39 is 39.8 Å². The molecular formula is C16H8Cl2F10. The zero-order valence-corrected chi connectivity index (χ0v) is 14.7. The molecule has 0 bridgehead atoms. The number of benzene rings is 2. The zero-order valence-electron chi connectivity index (χ0n) is 13.2. The Balaban J connectivity index is 0.000000280. The van der Waals surface area contributed by atoms with E-state index in [2.05, 4.69) is 0 Å². The number of alkyl halides is 12. The predicted molar refractivity (Wildman–Crippen MR) is 82.4 cm³/mol. The lowest BCUT2D eigenvalue weighted by molar-refractivity contribution is -0.141. The van der Waals surface area contributed by atoms with Crippen LogP contribution < -0.4 is 0 Å². The summed E-state index contributed by atoms with van der Waals surface area (Å²) in [6.07, 6.45) is -13.7. The molecule has 0 amide bonds. The molecule has 28 heavy (non-hydrogen) atoms. The summed E-state index contributed by atoms with van der Waals surface area (Å²) in [5.74, 6) is 0. The van der Waals surface area contributed by atoms with Crippen LogP contribution in [-0.2, 0) is 23.1 Å². The van der Waals surface area contributed by atoms with E-state index in [1.54, 1.807) is 0 Å². The Morgan fingerprint density at radius 3 is 0.714 bits per heavy atom. The van der Waals surface area contributed by atoms with Crippen LogP contribution in [0.5, 0.6) is 0 Å². The van der Waals surface area contributed by atoms with Crippen molar-refractivity contribution in [2.75, 3.05) is 0 Å². The molecular weight excluding hydrogens is 453 g/mol. The van der Waals surface area contributed by atoms with E-state index in [0.29, 0.717) is 36.4 Å². The van der Waals surface area contributed by atoms with Crippen molar-refractivity contribution in [2.24, 2.45) is 0 Å². The molecule has 0 aliphatic rings. The molecule has 0 aliphatic heterocycles. The average Bonchev–Trinajstić information content (AvgIpc) is 2.52. The second-order valence-electron chi connectivity index (χ2n) is 5.15. The van der Waals surface area contributed by atoms with Gasteiger partial charge in [-0.1, -0.05) is 35.3 Å². The van der Waals surface area contributed by atoms with E-state index in [1.807, 2.05) is 0 Å². The molecule has 0 unspecified atom stereocenters. The molecule has 0 N–H and O–H groups in total. The summed E-state index contributed by atoms with van der Waals surface area (Å²) in [5, 5.41) is 0. The monoisotopic (exact) mass is 460 g/mol. The molecule has 0 radical (unpaired) electrons. The van der Waals surface area contributed by atoms with Gasteiger partial charge in [-0.05, 0) is 36.4 Å². The smallest absolute Gasteiger partial charge is 0.203 e. The van der Waals surface area contributed by atoms with Crippen molar-refractivity contribution in [2.45, 2.75) is 23.1 Å². The Morgan fingerprint density at radius 1 is 0.393 bits per heavy atom. The van der Waals surface area contributed by atoms with Crippen LogP contribution in [0.4, 0.5) is 43.9 Å². The molecule has 0 saturated heterocycles. The molecule has 0 atom stereocenters. The highest BCUT2D eigenvalue weighted by Crippen LogP contribution is 2.37. The van der Waals surface area contributed by atoms with Crippen LogP contribution in [-0.4, -0.2) is 0 Å². The first-order valence-electron chi connectivity index (χ1n) is 6.91. The van der Waals surface area contributed by atoms with Crippen molar-refractivity contribution < 1.29 is 43.9 Å². The molecule has 0 aromatic heterocycles. The lowest BCUT2D eigenvalue weighted by Crippen LogP contribution is -2.08. The van der Waals surface area contributed by atoms with Gasteiger partial charge in [0.25, 0.3) is 4.59 Å². The van der Waals surface area contributed by atoms with Crippen LogP contribution in [0, 0.1) is 0 Å². The first kappa shape index (κ1) is 24.4. The molecule has 2 rings (SSSR count).